The summed E-state index contributed by atoms with van der Waals surface area (Å²) in [5.74, 6) is 1.49. The lowest BCUT2D eigenvalue weighted by molar-refractivity contribution is 0.354. The van der Waals surface area contributed by atoms with Crippen molar-refractivity contribution < 1.29 is 9.47 Å². The smallest absolute Gasteiger partial charge is 0.161 e. The van der Waals surface area contributed by atoms with Gasteiger partial charge in [-0.25, -0.2) is 0 Å². The van der Waals surface area contributed by atoms with E-state index in [-0.39, 0.29) is 6.04 Å². The second kappa shape index (κ2) is 6.41. The van der Waals surface area contributed by atoms with Gasteiger partial charge in [0.2, 0.25) is 0 Å². The summed E-state index contributed by atoms with van der Waals surface area (Å²) in [7, 11) is 5.24. The third-order valence-corrected chi connectivity index (χ3v) is 4.47. The van der Waals surface area contributed by atoms with E-state index in [1.165, 1.54) is 5.56 Å². The molecule has 0 bridgehead atoms. The van der Waals surface area contributed by atoms with Gasteiger partial charge in [0.1, 0.15) is 0 Å². The summed E-state index contributed by atoms with van der Waals surface area (Å²) >= 11 is 5.18. The van der Waals surface area contributed by atoms with Gasteiger partial charge in [0.05, 0.1) is 24.0 Å². The maximum atomic E-state index is 5.35. The Morgan fingerprint density at radius 3 is 2.37 bits per heavy atom. The zero-order valence-corrected chi connectivity index (χ0v) is 13.5. The summed E-state index contributed by atoms with van der Waals surface area (Å²) in [5, 5.41) is 5.47. The minimum Gasteiger partial charge on any atom is -0.493 e. The molecule has 19 heavy (non-hydrogen) atoms. The van der Waals surface area contributed by atoms with Crippen LogP contribution in [0.1, 0.15) is 17.2 Å². The molecule has 2 rings (SSSR count). The highest BCUT2D eigenvalue weighted by Crippen LogP contribution is 2.34. The van der Waals surface area contributed by atoms with Gasteiger partial charge in [-0.3, -0.25) is 0 Å². The van der Waals surface area contributed by atoms with Crippen molar-refractivity contribution in [2.75, 3.05) is 21.3 Å². The largest absolute Gasteiger partial charge is 0.493 e. The predicted octanol–water partition coefficient (Wildman–Crippen LogP) is 3.84. The van der Waals surface area contributed by atoms with Crippen LogP contribution >= 0.6 is 27.3 Å². The molecular weight excluding hydrogens is 326 g/mol. The van der Waals surface area contributed by atoms with E-state index in [0.717, 1.165) is 20.8 Å². The third-order valence-electron chi connectivity index (χ3n) is 2.95. The monoisotopic (exact) mass is 341 g/mol. The topological polar surface area (TPSA) is 30.5 Å². The van der Waals surface area contributed by atoms with Crippen molar-refractivity contribution in [2.45, 2.75) is 6.04 Å². The van der Waals surface area contributed by atoms with Crippen LogP contribution in [0.15, 0.2) is 33.4 Å². The molecule has 3 nitrogen and oxygen atoms in total. The maximum absolute atomic E-state index is 5.35. The summed E-state index contributed by atoms with van der Waals surface area (Å²) in [6.45, 7) is 0. The molecule has 0 saturated carbocycles. The van der Waals surface area contributed by atoms with Crippen molar-refractivity contribution in [3.63, 3.8) is 0 Å². The number of hydrogen-bond donors (Lipinski definition) is 1. The highest BCUT2D eigenvalue weighted by Gasteiger charge is 2.15. The molecule has 0 aliphatic carbocycles. The zero-order valence-electron chi connectivity index (χ0n) is 11.1. The lowest BCUT2D eigenvalue weighted by atomic mass is 10.0. The number of nitrogens with one attached hydrogen (secondary N) is 1. The first kappa shape index (κ1) is 14.4. The molecular formula is C14H16BrNO2S. The highest BCUT2D eigenvalue weighted by atomic mass is 79.9. The standard InChI is InChI=1S/C14H16BrNO2S/c1-16-14(10-7-13(15)19-8-10)9-4-5-11(17-2)12(6-9)18-3/h4-8,14,16H,1-3H3. The Hall–Kier alpha value is -1.04. The van der Waals surface area contributed by atoms with Crippen LogP contribution in [0.25, 0.3) is 0 Å². The molecule has 0 fully saturated rings. The summed E-state index contributed by atoms with van der Waals surface area (Å²) in [6, 6.07) is 8.25. The molecule has 0 amide bonds. The van der Waals surface area contributed by atoms with Crippen LogP contribution < -0.4 is 14.8 Å². The maximum Gasteiger partial charge on any atom is 0.161 e. The van der Waals surface area contributed by atoms with E-state index in [2.05, 4.69) is 32.7 Å². The van der Waals surface area contributed by atoms with E-state index in [0.29, 0.717) is 0 Å². The number of thiophene rings is 1. The van der Waals surface area contributed by atoms with Crippen LogP contribution in [0, 0.1) is 0 Å². The molecule has 0 radical (unpaired) electrons. The fraction of sp³-hybridized carbons (Fsp3) is 0.286. The van der Waals surface area contributed by atoms with Crippen LogP contribution in [0.2, 0.25) is 0 Å². The summed E-state index contributed by atoms with van der Waals surface area (Å²) in [5.41, 5.74) is 2.37. The van der Waals surface area contributed by atoms with Gasteiger partial charge in [-0.15, -0.1) is 11.3 Å². The first-order chi connectivity index (χ1) is 9.19. The molecule has 0 aliphatic rings. The first-order valence-electron chi connectivity index (χ1n) is 5.82. The molecule has 1 heterocycles. The van der Waals surface area contributed by atoms with E-state index >= 15 is 0 Å². The number of rotatable bonds is 5. The van der Waals surface area contributed by atoms with Gasteiger partial charge in [0.25, 0.3) is 0 Å². The molecule has 1 unspecified atom stereocenters. The molecule has 2 aromatic rings. The molecule has 1 atom stereocenters. The van der Waals surface area contributed by atoms with Crippen LogP contribution in [-0.2, 0) is 0 Å². The predicted molar refractivity (Wildman–Crippen MR) is 82.5 cm³/mol. The Morgan fingerprint density at radius 1 is 1.11 bits per heavy atom. The lowest BCUT2D eigenvalue weighted by Crippen LogP contribution is -2.17. The van der Waals surface area contributed by atoms with Crippen molar-refractivity contribution >= 4 is 27.3 Å². The molecule has 0 spiro atoms. The zero-order chi connectivity index (χ0) is 13.8. The van der Waals surface area contributed by atoms with Crippen molar-refractivity contribution in [1.82, 2.24) is 5.32 Å². The first-order valence-corrected chi connectivity index (χ1v) is 7.50. The Morgan fingerprint density at radius 2 is 1.84 bits per heavy atom. The van der Waals surface area contributed by atoms with E-state index < -0.39 is 0 Å². The van der Waals surface area contributed by atoms with Gasteiger partial charge < -0.3 is 14.8 Å². The minimum absolute atomic E-state index is 0.141. The summed E-state index contributed by atoms with van der Waals surface area (Å²) < 4.78 is 11.7. The van der Waals surface area contributed by atoms with Crippen molar-refractivity contribution in [3.8, 4) is 11.5 Å². The molecule has 1 N–H and O–H groups in total. The van der Waals surface area contributed by atoms with Crippen molar-refractivity contribution in [1.29, 1.82) is 0 Å². The van der Waals surface area contributed by atoms with Crippen molar-refractivity contribution in [2.24, 2.45) is 0 Å². The van der Waals surface area contributed by atoms with Gasteiger partial charge in [0.15, 0.2) is 11.5 Å². The van der Waals surface area contributed by atoms with E-state index in [1.54, 1.807) is 25.6 Å². The lowest BCUT2D eigenvalue weighted by Gasteiger charge is -2.17. The van der Waals surface area contributed by atoms with Gasteiger partial charge in [-0.05, 0) is 57.7 Å². The van der Waals surface area contributed by atoms with Gasteiger partial charge in [0, 0.05) is 0 Å². The molecule has 102 valence electrons. The molecule has 0 saturated heterocycles. The van der Waals surface area contributed by atoms with E-state index in [9.17, 15) is 0 Å². The number of ether oxygens (including phenoxy) is 2. The Balaban J connectivity index is 2.38. The number of hydrogen-bond acceptors (Lipinski definition) is 4. The third kappa shape index (κ3) is 3.11. The Bertz CT molecular complexity index is 556. The van der Waals surface area contributed by atoms with E-state index in [1.807, 2.05) is 25.2 Å². The normalized spacial score (nSPS) is 12.2. The molecule has 0 aliphatic heterocycles. The summed E-state index contributed by atoms with van der Waals surface area (Å²) in [6.07, 6.45) is 0. The molecule has 5 heteroatoms. The van der Waals surface area contributed by atoms with Gasteiger partial charge in [-0.1, -0.05) is 6.07 Å². The quantitative estimate of drug-likeness (QED) is 0.896. The minimum atomic E-state index is 0.141. The number of methoxy groups -OCH3 is 2. The van der Waals surface area contributed by atoms with Crippen LogP contribution in [0.5, 0.6) is 11.5 Å². The SMILES string of the molecule is CNC(c1csc(Br)c1)c1ccc(OC)c(OC)c1. The second-order valence-electron chi connectivity index (χ2n) is 4.02. The average molecular weight is 342 g/mol. The van der Waals surface area contributed by atoms with Crippen LogP contribution in [0.3, 0.4) is 0 Å². The Labute approximate surface area is 125 Å². The van der Waals surface area contributed by atoms with Crippen LogP contribution in [0.4, 0.5) is 0 Å². The van der Waals surface area contributed by atoms with Crippen molar-refractivity contribution in [3.05, 3.63) is 44.6 Å². The second-order valence-corrected chi connectivity index (χ2v) is 6.31. The van der Waals surface area contributed by atoms with Gasteiger partial charge >= 0.3 is 0 Å². The Kier molecular flexibility index (Phi) is 4.85. The summed E-state index contributed by atoms with van der Waals surface area (Å²) in [4.78, 5) is 0. The molecule has 1 aromatic carbocycles. The average Bonchev–Trinajstić information content (AvgIpc) is 2.86. The molecule has 1 aromatic heterocycles. The number of halogens is 1. The van der Waals surface area contributed by atoms with Gasteiger partial charge in [-0.2, -0.15) is 0 Å². The van der Waals surface area contributed by atoms with E-state index in [4.69, 9.17) is 9.47 Å². The fourth-order valence-electron chi connectivity index (χ4n) is 2.03. The fourth-order valence-corrected chi connectivity index (χ4v) is 3.23. The van der Waals surface area contributed by atoms with Crippen LogP contribution in [-0.4, -0.2) is 21.3 Å². The highest BCUT2D eigenvalue weighted by molar-refractivity contribution is 9.11. The number of benzene rings is 1.